The molecule has 162 valence electrons. The van der Waals surface area contributed by atoms with Gasteiger partial charge in [-0.2, -0.15) is 0 Å². The summed E-state index contributed by atoms with van der Waals surface area (Å²) in [4.78, 5) is 31.8. The molecule has 2 aromatic carbocycles. The van der Waals surface area contributed by atoms with Crippen LogP contribution >= 0.6 is 0 Å². The smallest absolute Gasteiger partial charge is 0.410 e. The standard InChI is InChI=1S/C25H29N3O3/c1-17-6-5-7-20-21(17)16-22(26-23(20)29)18-8-10-19(11-9-18)27-12-14-28(15-13-27)24(30)31-25(2,3)4/h5-11,16H,12-15H2,1-4H3,(H,26,29). The van der Waals surface area contributed by atoms with Gasteiger partial charge in [-0.25, -0.2) is 4.79 Å². The van der Waals surface area contributed by atoms with E-state index in [4.69, 9.17) is 4.74 Å². The summed E-state index contributed by atoms with van der Waals surface area (Å²) >= 11 is 0. The number of nitrogens with one attached hydrogen (secondary N) is 1. The summed E-state index contributed by atoms with van der Waals surface area (Å²) in [6, 6.07) is 16.0. The van der Waals surface area contributed by atoms with Gasteiger partial charge in [0, 0.05) is 42.9 Å². The van der Waals surface area contributed by atoms with E-state index in [1.54, 1.807) is 4.90 Å². The van der Waals surface area contributed by atoms with Gasteiger partial charge in [0.1, 0.15) is 5.60 Å². The van der Waals surface area contributed by atoms with Crippen LogP contribution in [0.5, 0.6) is 0 Å². The topological polar surface area (TPSA) is 65.6 Å². The fourth-order valence-electron chi connectivity index (χ4n) is 3.92. The number of H-pyrrole nitrogens is 1. The molecule has 0 unspecified atom stereocenters. The van der Waals surface area contributed by atoms with Crippen molar-refractivity contribution in [2.45, 2.75) is 33.3 Å². The third kappa shape index (κ3) is 4.58. The molecule has 0 atom stereocenters. The van der Waals surface area contributed by atoms with E-state index in [-0.39, 0.29) is 11.7 Å². The first-order valence-corrected chi connectivity index (χ1v) is 10.7. The van der Waals surface area contributed by atoms with Crippen LogP contribution in [-0.4, -0.2) is 47.8 Å². The van der Waals surface area contributed by atoms with Crippen LogP contribution in [0.3, 0.4) is 0 Å². The van der Waals surface area contributed by atoms with E-state index in [1.165, 1.54) is 0 Å². The summed E-state index contributed by atoms with van der Waals surface area (Å²) in [6.07, 6.45) is -0.252. The molecule has 2 heterocycles. The van der Waals surface area contributed by atoms with E-state index in [0.29, 0.717) is 18.5 Å². The molecule has 1 aliphatic heterocycles. The highest BCUT2D eigenvalue weighted by Gasteiger charge is 2.25. The lowest BCUT2D eigenvalue weighted by molar-refractivity contribution is 0.0240. The van der Waals surface area contributed by atoms with Crippen molar-refractivity contribution < 1.29 is 9.53 Å². The molecule has 0 bridgehead atoms. The number of hydrogen-bond acceptors (Lipinski definition) is 4. The molecule has 3 aromatic rings. The largest absolute Gasteiger partial charge is 0.444 e. The van der Waals surface area contributed by atoms with Crippen molar-refractivity contribution in [3.63, 3.8) is 0 Å². The Labute approximate surface area is 182 Å². The molecule has 1 aromatic heterocycles. The SMILES string of the molecule is Cc1cccc2c(=O)[nH]c(-c3ccc(N4CCN(C(=O)OC(C)(C)C)CC4)cc3)cc12. The van der Waals surface area contributed by atoms with Crippen LogP contribution in [0.15, 0.2) is 53.3 Å². The predicted molar refractivity (Wildman–Crippen MR) is 125 cm³/mol. The number of aromatic nitrogens is 1. The first kappa shape index (κ1) is 21.0. The lowest BCUT2D eigenvalue weighted by atomic mass is 10.0. The molecule has 1 fully saturated rings. The number of anilines is 1. The van der Waals surface area contributed by atoms with E-state index in [1.807, 2.05) is 64.1 Å². The van der Waals surface area contributed by atoms with Gasteiger partial charge in [-0.1, -0.05) is 24.3 Å². The Hall–Kier alpha value is -3.28. The molecule has 0 aliphatic carbocycles. The highest BCUT2D eigenvalue weighted by Crippen LogP contribution is 2.25. The molecular formula is C25H29N3O3. The number of piperazine rings is 1. The molecule has 1 saturated heterocycles. The molecule has 0 spiro atoms. The monoisotopic (exact) mass is 419 g/mol. The number of pyridine rings is 1. The molecule has 0 saturated carbocycles. The van der Waals surface area contributed by atoms with Gasteiger partial charge >= 0.3 is 6.09 Å². The third-order valence-electron chi connectivity index (χ3n) is 5.58. The summed E-state index contributed by atoms with van der Waals surface area (Å²) in [6.45, 7) is 10.4. The molecule has 0 radical (unpaired) electrons. The van der Waals surface area contributed by atoms with E-state index < -0.39 is 5.60 Å². The maximum absolute atomic E-state index is 12.5. The highest BCUT2D eigenvalue weighted by molar-refractivity contribution is 5.87. The second kappa shape index (κ2) is 8.10. The Balaban J connectivity index is 1.47. The number of carbonyl (C=O) groups excluding carboxylic acids is 1. The van der Waals surface area contributed by atoms with Crippen molar-refractivity contribution in [3.05, 3.63) is 64.4 Å². The number of aryl methyl sites for hydroxylation is 1. The summed E-state index contributed by atoms with van der Waals surface area (Å²) in [5.41, 5.74) is 3.42. The average molecular weight is 420 g/mol. The Morgan fingerprint density at radius 3 is 2.29 bits per heavy atom. The Bertz CT molecular complexity index is 1150. The molecule has 1 amide bonds. The fraction of sp³-hybridized carbons (Fsp3) is 0.360. The van der Waals surface area contributed by atoms with Crippen LogP contribution in [0.2, 0.25) is 0 Å². The zero-order valence-electron chi connectivity index (χ0n) is 18.6. The van der Waals surface area contributed by atoms with Gasteiger partial charge in [0.05, 0.1) is 0 Å². The van der Waals surface area contributed by atoms with E-state index in [2.05, 4.69) is 22.0 Å². The van der Waals surface area contributed by atoms with E-state index in [9.17, 15) is 9.59 Å². The van der Waals surface area contributed by atoms with Crippen LogP contribution in [0.4, 0.5) is 10.5 Å². The number of ether oxygens (including phenoxy) is 1. The maximum Gasteiger partial charge on any atom is 0.410 e. The van der Waals surface area contributed by atoms with Crippen LogP contribution in [-0.2, 0) is 4.74 Å². The van der Waals surface area contributed by atoms with Crippen LogP contribution in [0.25, 0.3) is 22.0 Å². The third-order valence-corrected chi connectivity index (χ3v) is 5.58. The minimum absolute atomic E-state index is 0.0708. The van der Waals surface area contributed by atoms with Crippen molar-refractivity contribution in [2.24, 2.45) is 0 Å². The molecule has 31 heavy (non-hydrogen) atoms. The number of carbonyl (C=O) groups is 1. The molecule has 6 heteroatoms. The van der Waals surface area contributed by atoms with Crippen LogP contribution < -0.4 is 10.5 Å². The van der Waals surface area contributed by atoms with Gasteiger partial charge in [0.15, 0.2) is 0 Å². The minimum Gasteiger partial charge on any atom is -0.444 e. The van der Waals surface area contributed by atoms with E-state index in [0.717, 1.165) is 41.0 Å². The molecule has 4 rings (SSSR count). The van der Waals surface area contributed by atoms with Gasteiger partial charge in [0.2, 0.25) is 0 Å². The normalized spacial score (nSPS) is 14.7. The fourth-order valence-corrected chi connectivity index (χ4v) is 3.92. The second-order valence-electron chi connectivity index (χ2n) is 9.05. The van der Waals surface area contributed by atoms with Crippen molar-refractivity contribution in [1.82, 2.24) is 9.88 Å². The molecule has 1 N–H and O–H groups in total. The summed E-state index contributed by atoms with van der Waals surface area (Å²) in [7, 11) is 0. The lowest BCUT2D eigenvalue weighted by Gasteiger charge is -2.36. The number of aromatic amines is 1. The highest BCUT2D eigenvalue weighted by atomic mass is 16.6. The first-order valence-electron chi connectivity index (χ1n) is 10.7. The van der Waals surface area contributed by atoms with Crippen molar-refractivity contribution >= 4 is 22.6 Å². The Morgan fingerprint density at radius 1 is 0.968 bits per heavy atom. The van der Waals surface area contributed by atoms with Gasteiger partial charge in [-0.3, -0.25) is 4.79 Å². The predicted octanol–water partition coefficient (Wildman–Crippen LogP) is 4.56. The number of amides is 1. The van der Waals surface area contributed by atoms with Crippen molar-refractivity contribution in [3.8, 4) is 11.3 Å². The molecular weight excluding hydrogens is 390 g/mol. The van der Waals surface area contributed by atoms with Crippen molar-refractivity contribution in [1.29, 1.82) is 0 Å². The number of nitrogens with zero attached hydrogens (tertiary/aromatic N) is 2. The van der Waals surface area contributed by atoms with Gasteiger partial charge in [-0.05, 0) is 68.5 Å². The summed E-state index contributed by atoms with van der Waals surface area (Å²) < 4.78 is 5.47. The lowest BCUT2D eigenvalue weighted by Crippen LogP contribution is -2.50. The number of fused-ring (bicyclic) bond motifs is 1. The summed E-state index contributed by atoms with van der Waals surface area (Å²) in [5, 5.41) is 1.69. The minimum atomic E-state index is -0.480. The zero-order valence-corrected chi connectivity index (χ0v) is 18.6. The van der Waals surface area contributed by atoms with Gasteiger partial charge in [-0.15, -0.1) is 0 Å². The van der Waals surface area contributed by atoms with Crippen molar-refractivity contribution in [2.75, 3.05) is 31.1 Å². The van der Waals surface area contributed by atoms with Crippen LogP contribution in [0, 0.1) is 6.92 Å². The Kier molecular flexibility index (Phi) is 5.48. The molecule has 1 aliphatic rings. The first-order chi connectivity index (χ1) is 14.7. The average Bonchev–Trinajstić information content (AvgIpc) is 2.73. The second-order valence-corrected chi connectivity index (χ2v) is 9.05. The number of benzene rings is 2. The van der Waals surface area contributed by atoms with Gasteiger partial charge in [0.25, 0.3) is 5.56 Å². The van der Waals surface area contributed by atoms with E-state index >= 15 is 0 Å². The number of hydrogen-bond donors (Lipinski definition) is 1. The summed E-state index contributed by atoms with van der Waals surface area (Å²) in [5.74, 6) is 0. The molecule has 6 nitrogen and oxygen atoms in total. The Morgan fingerprint density at radius 2 is 1.65 bits per heavy atom. The zero-order chi connectivity index (χ0) is 22.2. The quantitative estimate of drug-likeness (QED) is 0.661. The maximum atomic E-state index is 12.5. The van der Waals surface area contributed by atoms with Gasteiger partial charge < -0.3 is 19.5 Å². The number of rotatable bonds is 2. The van der Waals surface area contributed by atoms with Crippen LogP contribution in [0.1, 0.15) is 26.3 Å².